The van der Waals surface area contributed by atoms with E-state index in [-0.39, 0.29) is 5.82 Å². The largest absolute Gasteiger partial charge is 0.381 e. The number of benzene rings is 2. The zero-order chi connectivity index (χ0) is 23.0. The quantitative estimate of drug-likeness (QED) is 0.410. The molecular formula is C26H33ClFN3O2. The molecule has 2 heterocycles. The van der Waals surface area contributed by atoms with Crippen molar-refractivity contribution in [3.05, 3.63) is 70.6 Å². The molecule has 1 fully saturated rings. The minimum Gasteiger partial charge on any atom is -0.381 e. The smallest absolute Gasteiger partial charge is 0.125 e. The average molecular weight is 474 g/mol. The molecule has 2 aromatic carbocycles. The number of aromatic nitrogens is 1. The minimum atomic E-state index is -0.219. The second kappa shape index (κ2) is 12.0. The van der Waals surface area contributed by atoms with Crippen LogP contribution in [-0.4, -0.2) is 62.1 Å². The number of piperidine rings is 1. The first-order valence-electron chi connectivity index (χ1n) is 11.7. The van der Waals surface area contributed by atoms with Gasteiger partial charge in [0.25, 0.3) is 0 Å². The average Bonchev–Trinajstić information content (AvgIpc) is 3.22. The van der Waals surface area contributed by atoms with E-state index < -0.39 is 0 Å². The van der Waals surface area contributed by atoms with Gasteiger partial charge in [-0.25, -0.2) is 4.39 Å². The van der Waals surface area contributed by atoms with Crippen LogP contribution in [0.5, 0.6) is 0 Å². The SMILES string of the molecule is COC1CCN(CCOCCNCc2cc(F)cc3c2ccn3Cc2ccc(Cl)cc2)CC1. The zero-order valence-corrected chi connectivity index (χ0v) is 20.0. The highest BCUT2D eigenvalue weighted by Crippen LogP contribution is 2.23. The van der Waals surface area contributed by atoms with Gasteiger partial charge in [0, 0.05) is 63.0 Å². The molecular weight excluding hydrogens is 441 g/mol. The molecule has 5 nitrogen and oxygen atoms in total. The first-order valence-corrected chi connectivity index (χ1v) is 12.1. The van der Waals surface area contributed by atoms with Crippen molar-refractivity contribution in [2.75, 3.05) is 46.5 Å². The van der Waals surface area contributed by atoms with Gasteiger partial charge in [0.2, 0.25) is 0 Å². The fourth-order valence-electron chi connectivity index (χ4n) is 4.44. The third kappa shape index (κ3) is 6.78. The van der Waals surface area contributed by atoms with Crippen LogP contribution in [0.3, 0.4) is 0 Å². The monoisotopic (exact) mass is 473 g/mol. The van der Waals surface area contributed by atoms with Crippen molar-refractivity contribution in [1.82, 2.24) is 14.8 Å². The van der Waals surface area contributed by atoms with E-state index in [0.717, 1.165) is 67.7 Å². The fourth-order valence-corrected chi connectivity index (χ4v) is 4.56. The van der Waals surface area contributed by atoms with Crippen LogP contribution < -0.4 is 5.32 Å². The Labute approximate surface area is 200 Å². The van der Waals surface area contributed by atoms with Gasteiger partial charge < -0.3 is 24.3 Å². The predicted octanol–water partition coefficient (Wildman–Crippen LogP) is 4.70. The van der Waals surface area contributed by atoms with E-state index in [1.54, 1.807) is 19.2 Å². The van der Waals surface area contributed by atoms with Crippen molar-refractivity contribution in [2.24, 2.45) is 0 Å². The van der Waals surface area contributed by atoms with Crippen LogP contribution in [0, 0.1) is 5.82 Å². The highest BCUT2D eigenvalue weighted by molar-refractivity contribution is 6.30. The molecule has 0 radical (unpaired) electrons. The summed E-state index contributed by atoms with van der Waals surface area (Å²) in [6.07, 6.45) is 4.62. The molecule has 0 unspecified atom stereocenters. The maximum Gasteiger partial charge on any atom is 0.125 e. The van der Waals surface area contributed by atoms with Crippen molar-refractivity contribution in [3.8, 4) is 0 Å². The lowest BCUT2D eigenvalue weighted by Crippen LogP contribution is -2.38. The van der Waals surface area contributed by atoms with E-state index in [2.05, 4.69) is 20.9 Å². The normalized spacial score (nSPS) is 15.5. The summed E-state index contributed by atoms with van der Waals surface area (Å²) in [4.78, 5) is 2.43. The molecule has 1 saturated heterocycles. The van der Waals surface area contributed by atoms with Gasteiger partial charge in [-0.2, -0.15) is 0 Å². The molecule has 4 rings (SSSR count). The predicted molar refractivity (Wildman–Crippen MR) is 131 cm³/mol. The molecule has 0 amide bonds. The van der Waals surface area contributed by atoms with E-state index in [0.29, 0.717) is 30.8 Å². The maximum atomic E-state index is 14.4. The Morgan fingerprint density at radius 1 is 1.09 bits per heavy atom. The van der Waals surface area contributed by atoms with Crippen LogP contribution in [0.1, 0.15) is 24.0 Å². The Balaban J connectivity index is 1.22. The molecule has 1 N–H and O–H groups in total. The van der Waals surface area contributed by atoms with Crippen molar-refractivity contribution in [2.45, 2.75) is 32.0 Å². The maximum absolute atomic E-state index is 14.4. The Morgan fingerprint density at radius 3 is 2.64 bits per heavy atom. The number of fused-ring (bicyclic) bond motifs is 1. The first kappa shape index (κ1) is 24.2. The molecule has 1 aromatic heterocycles. The van der Waals surface area contributed by atoms with Gasteiger partial charge >= 0.3 is 0 Å². The number of halogens is 2. The summed E-state index contributed by atoms with van der Waals surface area (Å²) in [5.74, 6) is -0.219. The lowest BCUT2D eigenvalue weighted by Gasteiger charge is -2.30. The molecule has 3 aromatic rings. The number of nitrogens with one attached hydrogen (secondary N) is 1. The molecule has 0 saturated carbocycles. The number of rotatable bonds is 11. The summed E-state index contributed by atoms with van der Waals surface area (Å²) in [5.41, 5.74) is 2.98. The third-order valence-corrected chi connectivity index (χ3v) is 6.62. The standard InChI is InChI=1S/C26H33ClFN3O2/c1-32-24-6-10-30(11-7-24)13-15-33-14-9-29-18-21-16-23(28)17-26-25(21)8-12-31(26)19-20-2-4-22(27)5-3-20/h2-5,8,12,16-17,24,29H,6-7,9-11,13-15,18-19H2,1H3. The van der Waals surface area contributed by atoms with Crippen molar-refractivity contribution >= 4 is 22.5 Å². The van der Waals surface area contributed by atoms with E-state index >= 15 is 0 Å². The summed E-state index contributed by atoms with van der Waals surface area (Å²) in [6.45, 7) is 6.50. The van der Waals surface area contributed by atoms with Crippen LogP contribution in [0.4, 0.5) is 4.39 Å². The molecule has 0 spiro atoms. The summed E-state index contributed by atoms with van der Waals surface area (Å²) < 4.78 is 27.6. The summed E-state index contributed by atoms with van der Waals surface area (Å²) >= 11 is 5.99. The zero-order valence-electron chi connectivity index (χ0n) is 19.2. The lowest BCUT2D eigenvalue weighted by molar-refractivity contribution is 0.0289. The van der Waals surface area contributed by atoms with Gasteiger partial charge in [-0.3, -0.25) is 0 Å². The summed E-state index contributed by atoms with van der Waals surface area (Å²) in [6, 6.07) is 13.0. The summed E-state index contributed by atoms with van der Waals surface area (Å²) in [5, 5.41) is 5.17. The fraction of sp³-hybridized carbons (Fsp3) is 0.462. The molecule has 1 aliphatic heterocycles. The van der Waals surface area contributed by atoms with Crippen molar-refractivity contribution in [1.29, 1.82) is 0 Å². The van der Waals surface area contributed by atoms with Crippen molar-refractivity contribution < 1.29 is 13.9 Å². The van der Waals surface area contributed by atoms with Crippen LogP contribution >= 0.6 is 11.6 Å². The van der Waals surface area contributed by atoms with Gasteiger partial charge in [-0.1, -0.05) is 23.7 Å². The van der Waals surface area contributed by atoms with Crippen molar-refractivity contribution in [3.63, 3.8) is 0 Å². The third-order valence-electron chi connectivity index (χ3n) is 6.36. The molecule has 7 heteroatoms. The second-order valence-corrected chi connectivity index (χ2v) is 9.07. The van der Waals surface area contributed by atoms with E-state index in [1.165, 1.54) is 0 Å². The van der Waals surface area contributed by atoms with Gasteiger partial charge in [-0.15, -0.1) is 0 Å². The Bertz CT molecular complexity index is 1020. The van der Waals surface area contributed by atoms with Crippen LogP contribution in [0.2, 0.25) is 5.02 Å². The highest BCUT2D eigenvalue weighted by atomic mass is 35.5. The van der Waals surface area contributed by atoms with Crippen LogP contribution in [0.15, 0.2) is 48.7 Å². The number of nitrogens with zero attached hydrogens (tertiary/aromatic N) is 2. The molecule has 0 aliphatic carbocycles. The van der Waals surface area contributed by atoms with E-state index in [4.69, 9.17) is 21.1 Å². The van der Waals surface area contributed by atoms with Gasteiger partial charge in [0.15, 0.2) is 0 Å². The number of hydrogen-bond acceptors (Lipinski definition) is 4. The molecule has 1 aliphatic rings. The Morgan fingerprint density at radius 2 is 1.88 bits per heavy atom. The summed E-state index contributed by atoms with van der Waals surface area (Å²) in [7, 11) is 1.79. The Kier molecular flexibility index (Phi) is 8.75. The number of hydrogen-bond donors (Lipinski definition) is 1. The highest BCUT2D eigenvalue weighted by Gasteiger charge is 2.18. The van der Waals surface area contributed by atoms with Gasteiger partial charge in [0.05, 0.1) is 24.8 Å². The molecule has 178 valence electrons. The van der Waals surface area contributed by atoms with Crippen LogP contribution in [-0.2, 0) is 22.6 Å². The van der Waals surface area contributed by atoms with Gasteiger partial charge in [0.1, 0.15) is 5.82 Å². The molecule has 0 bridgehead atoms. The number of ether oxygens (including phenoxy) is 2. The minimum absolute atomic E-state index is 0.219. The Hall–Kier alpha value is -1.96. The number of methoxy groups -OCH3 is 1. The second-order valence-electron chi connectivity index (χ2n) is 8.63. The number of likely N-dealkylation sites (tertiary alicyclic amines) is 1. The van der Waals surface area contributed by atoms with Gasteiger partial charge in [-0.05, 0) is 54.3 Å². The lowest BCUT2D eigenvalue weighted by atomic mass is 10.1. The van der Waals surface area contributed by atoms with E-state index in [1.807, 2.05) is 30.5 Å². The molecule has 0 atom stereocenters. The first-order chi connectivity index (χ1) is 16.1. The molecule has 33 heavy (non-hydrogen) atoms. The van der Waals surface area contributed by atoms with Crippen LogP contribution in [0.25, 0.3) is 10.9 Å². The van der Waals surface area contributed by atoms with E-state index in [9.17, 15) is 4.39 Å². The topological polar surface area (TPSA) is 38.7 Å².